The van der Waals surface area contributed by atoms with E-state index in [0.717, 1.165) is 12.1 Å². The zero-order valence-electron chi connectivity index (χ0n) is 14.7. The van der Waals surface area contributed by atoms with Gasteiger partial charge in [-0.1, -0.05) is 23.2 Å². The zero-order chi connectivity index (χ0) is 20.8. The normalized spacial score (nSPS) is 11.7. The Hall–Kier alpha value is -2.58. The molecule has 148 valence electrons. The first-order valence-electron chi connectivity index (χ1n) is 7.90. The Balaban J connectivity index is 2.38. The number of nitrogens with two attached hydrogens (primary N) is 2. The number of benzene rings is 2. The van der Waals surface area contributed by atoms with Crippen molar-refractivity contribution in [3.8, 4) is 22.8 Å². The van der Waals surface area contributed by atoms with Gasteiger partial charge in [-0.15, -0.1) is 0 Å². The lowest BCUT2D eigenvalue weighted by Gasteiger charge is -2.18. The summed E-state index contributed by atoms with van der Waals surface area (Å²) in [4.78, 5) is 4.36. The van der Waals surface area contributed by atoms with Gasteiger partial charge < -0.3 is 16.2 Å². The quantitative estimate of drug-likeness (QED) is 0.549. The van der Waals surface area contributed by atoms with E-state index in [1.165, 1.54) is 11.7 Å². The SMILES string of the molecule is COc1cc(C(F)(F)F)cc(-n2c(-c3cc(Cl)ccc3Cl)nc(C)c2N)c1N. The number of hydrogen-bond donors (Lipinski definition) is 2. The van der Waals surface area contributed by atoms with Crippen molar-refractivity contribution < 1.29 is 17.9 Å². The molecule has 0 aliphatic rings. The van der Waals surface area contributed by atoms with Crippen LogP contribution in [0.3, 0.4) is 0 Å². The largest absolute Gasteiger partial charge is 0.495 e. The third-order valence-electron chi connectivity index (χ3n) is 4.17. The maximum Gasteiger partial charge on any atom is 0.416 e. The van der Waals surface area contributed by atoms with Crippen LogP contribution in [0.15, 0.2) is 30.3 Å². The molecule has 0 saturated carbocycles. The minimum Gasteiger partial charge on any atom is -0.495 e. The highest BCUT2D eigenvalue weighted by Crippen LogP contribution is 2.41. The molecule has 5 nitrogen and oxygen atoms in total. The fraction of sp³-hybridized carbons (Fsp3) is 0.167. The molecule has 3 rings (SSSR count). The van der Waals surface area contributed by atoms with E-state index in [0.29, 0.717) is 21.3 Å². The van der Waals surface area contributed by atoms with Crippen molar-refractivity contribution in [1.82, 2.24) is 9.55 Å². The first-order chi connectivity index (χ1) is 13.0. The highest BCUT2D eigenvalue weighted by Gasteiger charge is 2.33. The van der Waals surface area contributed by atoms with Gasteiger partial charge in [-0.2, -0.15) is 13.2 Å². The first kappa shape index (κ1) is 20.2. The molecule has 0 spiro atoms. The second-order valence-corrected chi connectivity index (χ2v) is 6.82. The number of hydrogen-bond acceptors (Lipinski definition) is 4. The second-order valence-electron chi connectivity index (χ2n) is 5.97. The van der Waals surface area contributed by atoms with Crippen LogP contribution in [0.2, 0.25) is 10.0 Å². The van der Waals surface area contributed by atoms with Crippen LogP contribution >= 0.6 is 23.2 Å². The lowest BCUT2D eigenvalue weighted by atomic mass is 10.1. The van der Waals surface area contributed by atoms with E-state index in [1.807, 2.05) is 0 Å². The topological polar surface area (TPSA) is 79.1 Å². The van der Waals surface area contributed by atoms with Gasteiger partial charge >= 0.3 is 6.18 Å². The number of rotatable bonds is 3. The fourth-order valence-corrected chi connectivity index (χ4v) is 3.14. The molecule has 0 fully saturated rings. The fourth-order valence-electron chi connectivity index (χ4n) is 2.76. The molecule has 1 aromatic heterocycles. The van der Waals surface area contributed by atoms with Crippen molar-refractivity contribution in [2.45, 2.75) is 13.1 Å². The molecule has 0 bridgehead atoms. The molecule has 28 heavy (non-hydrogen) atoms. The number of nitrogen functional groups attached to an aromatic ring is 2. The summed E-state index contributed by atoms with van der Waals surface area (Å²) in [5.41, 5.74) is 12.0. The van der Waals surface area contributed by atoms with Crippen LogP contribution in [-0.4, -0.2) is 16.7 Å². The summed E-state index contributed by atoms with van der Waals surface area (Å²) in [5, 5.41) is 0.674. The average Bonchev–Trinajstić information content (AvgIpc) is 2.91. The maximum atomic E-state index is 13.4. The van der Waals surface area contributed by atoms with E-state index in [2.05, 4.69) is 4.98 Å². The molecule has 10 heteroatoms. The van der Waals surface area contributed by atoms with Gasteiger partial charge in [0.05, 0.1) is 34.8 Å². The number of methoxy groups -OCH3 is 1. The lowest BCUT2D eigenvalue weighted by Crippen LogP contribution is -2.11. The number of nitrogens with zero attached hydrogens (tertiary/aromatic N) is 2. The van der Waals surface area contributed by atoms with Crippen molar-refractivity contribution in [3.05, 3.63) is 51.6 Å². The van der Waals surface area contributed by atoms with Crippen molar-refractivity contribution in [1.29, 1.82) is 0 Å². The van der Waals surface area contributed by atoms with E-state index in [1.54, 1.807) is 25.1 Å². The highest BCUT2D eigenvalue weighted by atomic mass is 35.5. The molecular weight excluding hydrogens is 416 g/mol. The van der Waals surface area contributed by atoms with Gasteiger partial charge in [0.25, 0.3) is 0 Å². The Bertz CT molecular complexity index is 1060. The Morgan fingerprint density at radius 3 is 2.39 bits per heavy atom. The van der Waals surface area contributed by atoms with Gasteiger partial charge in [-0.25, -0.2) is 4.98 Å². The van der Waals surface area contributed by atoms with Crippen LogP contribution in [0.1, 0.15) is 11.3 Å². The van der Waals surface area contributed by atoms with E-state index in [9.17, 15) is 13.2 Å². The number of anilines is 2. The van der Waals surface area contributed by atoms with Gasteiger partial charge in [-0.05, 0) is 37.3 Å². The van der Waals surface area contributed by atoms with Gasteiger partial charge in [-0.3, -0.25) is 4.57 Å². The maximum absolute atomic E-state index is 13.4. The predicted octanol–water partition coefficient (Wildman–Crippen LogP) is 5.35. The Morgan fingerprint density at radius 2 is 1.79 bits per heavy atom. The highest BCUT2D eigenvalue weighted by molar-refractivity contribution is 6.35. The molecule has 4 N–H and O–H groups in total. The molecule has 0 atom stereocenters. The van der Waals surface area contributed by atoms with E-state index >= 15 is 0 Å². The Kier molecular flexibility index (Phi) is 5.12. The van der Waals surface area contributed by atoms with Crippen molar-refractivity contribution >= 4 is 34.7 Å². The van der Waals surface area contributed by atoms with Crippen LogP contribution < -0.4 is 16.2 Å². The average molecular weight is 431 g/mol. The monoisotopic (exact) mass is 430 g/mol. The summed E-state index contributed by atoms with van der Waals surface area (Å²) in [6, 6.07) is 6.39. The molecule has 0 saturated heterocycles. The van der Waals surface area contributed by atoms with Crippen LogP contribution in [0.25, 0.3) is 17.1 Å². The van der Waals surface area contributed by atoms with Crippen LogP contribution in [0.5, 0.6) is 5.75 Å². The van der Waals surface area contributed by atoms with Crippen LogP contribution in [0, 0.1) is 6.92 Å². The van der Waals surface area contributed by atoms with Crippen LogP contribution in [-0.2, 0) is 6.18 Å². The minimum atomic E-state index is -4.62. The number of alkyl halides is 3. The van der Waals surface area contributed by atoms with Gasteiger partial charge in [0.1, 0.15) is 17.4 Å². The number of halogens is 5. The summed E-state index contributed by atoms with van der Waals surface area (Å²) < 4.78 is 46.5. The summed E-state index contributed by atoms with van der Waals surface area (Å²) in [6.07, 6.45) is -4.62. The first-order valence-corrected chi connectivity index (χ1v) is 8.65. The smallest absolute Gasteiger partial charge is 0.416 e. The van der Waals surface area contributed by atoms with E-state index < -0.39 is 11.7 Å². The number of aromatic nitrogens is 2. The zero-order valence-corrected chi connectivity index (χ0v) is 16.2. The Labute approximate surface area is 168 Å². The standard InChI is InChI=1S/C18H15Cl2F3N4O/c1-8-16(25)27(17(26-8)11-7-10(19)3-4-12(11)20)13-5-9(18(21,22)23)6-14(28-2)15(13)24/h3-7H,24-25H2,1-2H3. The molecule has 0 aliphatic carbocycles. The van der Waals surface area contributed by atoms with Crippen LogP contribution in [0.4, 0.5) is 24.7 Å². The molecule has 0 unspecified atom stereocenters. The molecule has 0 radical (unpaired) electrons. The summed E-state index contributed by atoms with van der Waals surface area (Å²) >= 11 is 12.3. The molecule has 0 amide bonds. The van der Waals surface area contributed by atoms with Crippen molar-refractivity contribution in [3.63, 3.8) is 0 Å². The predicted molar refractivity (Wildman–Crippen MR) is 104 cm³/mol. The summed E-state index contributed by atoms with van der Waals surface area (Å²) in [6.45, 7) is 1.62. The van der Waals surface area contributed by atoms with Gasteiger partial charge in [0.15, 0.2) is 0 Å². The van der Waals surface area contributed by atoms with E-state index in [4.69, 9.17) is 39.4 Å². The van der Waals surface area contributed by atoms with Crippen molar-refractivity contribution in [2.75, 3.05) is 18.6 Å². The lowest BCUT2D eigenvalue weighted by molar-refractivity contribution is -0.137. The minimum absolute atomic E-state index is 0.0287. The number of aryl methyl sites for hydroxylation is 1. The summed E-state index contributed by atoms with van der Waals surface area (Å²) in [7, 11) is 1.23. The third kappa shape index (κ3) is 3.45. The van der Waals surface area contributed by atoms with Gasteiger partial charge in [0.2, 0.25) is 0 Å². The third-order valence-corrected chi connectivity index (χ3v) is 4.74. The van der Waals surface area contributed by atoms with Gasteiger partial charge in [0, 0.05) is 10.6 Å². The number of imidazole rings is 1. The number of ether oxygens (including phenoxy) is 1. The molecule has 0 aliphatic heterocycles. The van der Waals surface area contributed by atoms with E-state index in [-0.39, 0.29) is 28.8 Å². The molecule has 1 heterocycles. The van der Waals surface area contributed by atoms with Crippen molar-refractivity contribution in [2.24, 2.45) is 0 Å². The summed E-state index contributed by atoms with van der Waals surface area (Å²) in [5.74, 6) is 0.174. The Morgan fingerprint density at radius 1 is 1.11 bits per heavy atom. The molecule has 3 aromatic rings. The second kappa shape index (κ2) is 7.10. The molecule has 2 aromatic carbocycles. The molecular formula is C18H15Cl2F3N4O.